The van der Waals surface area contributed by atoms with E-state index in [4.69, 9.17) is 9.47 Å². The molecule has 0 aliphatic rings. The van der Waals surface area contributed by atoms with Crippen LogP contribution in [0.2, 0.25) is 0 Å². The maximum atomic E-state index is 12.5. The van der Waals surface area contributed by atoms with Gasteiger partial charge < -0.3 is 9.47 Å². The molecule has 0 N–H and O–H groups in total. The summed E-state index contributed by atoms with van der Waals surface area (Å²) in [5, 5.41) is 0. The Labute approximate surface area is 124 Å². The van der Waals surface area contributed by atoms with Crippen LogP contribution in [0.4, 0.5) is 0 Å². The van der Waals surface area contributed by atoms with Gasteiger partial charge in [-0.15, -0.1) is 0 Å². The van der Waals surface area contributed by atoms with Crippen molar-refractivity contribution >= 4 is 9.84 Å². The lowest BCUT2D eigenvalue weighted by atomic mass is 10.3. The number of sulfone groups is 1. The average molecular weight is 304 g/mol. The SMILES string of the molecule is C=CCOc1ccc(S(=O)(=O)c2ccc(OC)cc2)cc1. The van der Waals surface area contributed by atoms with E-state index in [-0.39, 0.29) is 9.79 Å². The van der Waals surface area contributed by atoms with Gasteiger partial charge in [0.05, 0.1) is 16.9 Å². The van der Waals surface area contributed by atoms with E-state index in [1.165, 1.54) is 31.4 Å². The molecule has 2 rings (SSSR count). The Morgan fingerprint density at radius 3 is 1.86 bits per heavy atom. The highest BCUT2D eigenvalue weighted by atomic mass is 32.2. The Bertz CT molecular complexity index is 701. The van der Waals surface area contributed by atoms with Gasteiger partial charge in [0, 0.05) is 0 Å². The van der Waals surface area contributed by atoms with Gasteiger partial charge in [-0.3, -0.25) is 0 Å². The average Bonchev–Trinajstić information content (AvgIpc) is 2.53. The number of ether oxygens (including phenoxy) is 2. The van der Waals surface area contributed by atoms with E-state index in [1.807, 2.05) is 0 Å². The van der Waals surface area contributed by atoms with Crippen LogP contribution in [-0.4, -0.2) is 22.1 Å². The fourth-order valence-electron chi connectivity index (χ4n) is 1.76. The molecule has 0 radical (unpaired) electrons. The topological polar surface area (TPSA) is 52.6 Å². The molecule has 110 valence electrons. The van der Waals surface area contributed by atoms with Crippen LogP contribution in [0.15, 0.2) is 71.0 Å². The lowest BCUT2D eigenvalue weighted by molar-refractivity contribution is 0.363. The van der Waals surface area contributed by atoms with Crippen molar-refractivity contribution in [3.8, 4) is 11.5 Å². The first-order chi connectivity index (χ1) is 10.1. The van der Waals surface area contributed by atoms with Crippen molar-refractivity contribution in [1.29, 1.82) is 0 Å². The first-order valence-corrected chi connectivity index (χ1v) is 7.79. The largest absolute Gasteiger partial charge is 0.497 e. The Kier molecular flexibility index (Phi) is 4.65. The second kappa shape index (κ2) is 6.45. The van der Waals surface area contributed by atoms with Crippen molar-refractivity contribution in [3.63, 3.8) is 0 Å². The lowest BCUT2D eigenvalue weighted by Crippen LogP contribution is -2.02. The third-order valence-corrected chi connectivity index (χ3v) is 4.66. The summed E-state index contributed by atoms with van der Waals surface area (Å²) < 4.78 is 35.3. The van der Waals surface area contributed by atoms with Crippen LogP contribution in [0, 0.1) is 0 Å². The molecule has 0 saturated heterocycles. The molecule has 2 aromatic carbocycles. The Hall–Kier alpha value is -2.27. The van der Waals surface area contributed by atoms with E-state index in [1.54, 1.807) is 30.3 Å². The van der Waals surface area contributed by atoms with Gasteiger partial charge in [-0.2, -0.15) is 0 Å². The molecule has 0 aromatic heterocycles. The van der Waals surface area contributed by atoms with Crippen LogP contribution in [-0.2, 0) is 9.84 Å². The quantitative estimate of drug-likeness (QED) is 0.770. The van der Waals surface area contributed by atoms with Gasteiger partial charge in [0.2, 0.25) is 9.84 Å². The molecular formula is C16H16O4S. The molecule has 2 aromatic rings. The molecule has 0 fully saturated rings. The maximum absolute atomic E-state index is 12.5. The van der Waals surface area contributed by atoms with Crippen LogP contribution < -0.4 is 9.47 Å². The normalized spacial score (nSPS) is 10.9. The zero-order valence-electron chi connectivity index (χ0n) is 11.7. The molecule has 0 bridgehead atoms. The second-order valence-corrected chi connectivity index (χ2v) is 6.20. The molecule has 0 aliphatic carbocycles. The maximum Gasteiger partial charge on any atom is 0.206 e. The number of methoxy groups -OCH3 is 1. The van der Waals surface area contributed by atoms with E-state index in [9.17, 15) is 8.42 Å². The molecule has 0 atom stereocenters. The summed E-state index contributed by atoms with van der Waals surface area (Å²) in [4.78, 5) is 0.446. The molecule has 4 nitrogen and oxygen atoms in total. The third kappa shape index (κ3) is 3.44. The molecule has 0 spiro atoms. The van der Waals surface area contributed by atoms with E-state index in [0.717, 1.165) is 0 Å². The van der Waals surface area contributed by atoms with E-state index in [2.05, 4.69) is 6.58 Å². The molecule has 0 saturated carbocycles. The predicted molar refractivity (Wildman–Crippen MR) is 80.6 cm³/mol. The summed E-state index contributed by atoms with van der Waals surface area (Å²) in [6, 6.07) is 12.6. The molecular weight excluding hydrogens is 288 g/mol. The summed E-state index contributed by atoms with van der Waals surface area (Å²) in [6.45, 7) is 3.93. The van der Waals surface area contributed by atoms with E-state index in [0.29, 0.717) is 18.1 Å². The van der Waals surface area contributed by atoms with Crippen LogP contribution in [0.5, 0.6) is 11.5 Å². The van der Waals surface area contributed by atoms with E-state index < -0.39 is 9.84 Å². The minimum absolute atomic E-state index is 0.221. The minimum Gasteiger partial charge on any atom is -0.497 e. The van der Waals surface area contributed by atoms with Crippen LogP contribution in [0.1, 0.15) is 0 Å². The monoisotopic (exact) mass is 304 g/mol. The molecule has 0 unspecified atom stereocenters. The molecule has 21 heavy (non-hydrogen) atoms. The molecule has 0 aliphatic heterocycles. The number of hydrogen-bond acceptors (Lipinski definition) is 4. The zero-order valence-corrected chi connectivity index (χ0v) is 12.5. The smallest absolute Gasteiger partial charge is 0.206 e. The fraction of sp³-hybridized carbons (Fsp3) is 0.125. The molecule has 0 heterocycles. The van der Waals surface area contributed by atoms with Crippen molar-refractivity contribution in [3.05, 3.63) is 61.2 Å². The lowest BCUT2D eigenvalue weighted by Gasteiger charge is -2.07. The number of rotatable bonds is 6. The molecule has 5 heteroatoms. The molecule has 0 amide bonds. The van der Waals surface area contributed by atoms with Gasteiger partial charge >= 0.3 is 0 Å². The summed E-state index contributed by atoms with van der Waals surface area (Å²) in [6.07, 6.45) is 1.63. The van der Waals surface area contributed by atoms with Crippen LogP contribution in [0.25, 0.3) is 0 Å². The Balaban J connectivity index is 2.27. The first-order valence-electron chi connectivity index (χ1n) is 6.31. The zero-order chi connectivity index (χ0) is 15.3. The van der Waals surface area contributed by atoms with Gasteiger partial charge in [-0.1, -0.05) is 12.7 Å². The van der Waals surface area contributed by atoms with E-state index >= 15 is 0 Å². The minimum atomic E-state index is -3.53. The van der Waals surface area contributed by atoms with Gasteiger partial charge in [-0.25, -0.2) is 8.42 Å². The van der Waals surface area contributed by atoms with Crippen LogP contribution in [0.3, 0.4) is 0 Å². The third-order valence-electron chi connectivity index (χ3n) is 2.87. The fourth-order valence-corrected chi connectivity index (χ4v) is 3.02. The van der Waals surface area contributed by atoms with Crippen molar-refractivity contribution in [2.24, 2.45) is 0 Å². The van der Waals surface area contributed by atoms with Gasteiger partial charge in [0.25, 0.3) is 0 Å². The van der Waals surface area contributed by atoms with Crippen molar-refractivity contribution in [2.45, 2.75) is 9.79 Å². The number of benzene rings is 2. The number of hydrogen-bond donors (Lipinski definition) is 0. The highest BCUT2D eigenvalue weighted by molar-refractivity contribution is 7.91. The van der Waals surface area contributed by atoms with Gasteiger partial charge in [0.15, 0.2) is 0 Å². The summed E-state index contributed by atoms with van der Waals surface area (Å²) in [5.74, 6) is 1.21. The van der Waals surface area contributed by atoms with Crippen molar-refractivity contribution < 1.29 is 17.9 Å². The highest BCUT2D eigenvalue weighted by Crippen LogP contribution is 2.24. The Morgan fingerprint density at radius 1 is 0.952 bits per heavy atom. The summed E-state index contributed by atoms with van der Waals surface area (Å²) in [5.41, 5.74) is 0. The Morgan fingerprint density at radius 2 is 1.43 bits per heavy atom. The van der Waals surface area contributed by atoms with Gasteiger partial charge in [0.1, 0.15) is 18.1 Å². The van der Waals surface area contributed by atoms with Crippen molar-refractivity contribution in [2.75, 3.05) is 13.7 Å². The standard InChI is InChI=1S/C16H16O4S/c1-3-12-20-14-6-10-16(11-7-14)21(17,18)15-8-4-13(19-2)5-9-15/h3-11H,1,12H2,2H3. The van der Waals surface area contributed by atoms with Crippen molar-refractivity contribution in [1.82, 2.24) is 0 Å². The second-order valence-electron chi connectivity index (χ2n) is 4.25. The first kappa shape index (κ1) is 15.1. The highest BCUT2D eigenvalue weighted by Gasteiger charge is 2.17. The van der Waals surface area contributed by atoms with Crippen LogP contribution >= 0.6 is 0 Å². The summed E-state index contributed by atoms with van der Waals surface area (Å²) in [7, 11) is -2.00. The predicted octanol–water partition coefficient (Wildman–Crippen LogP) is 3.09. The summed E-state index contributed by atoms with van der Waals surface area (Å²) >= 11 is 0. The van der Waals surface area contributed by atoms with Gasteiger partial charge in [-0.05, 0) is 48.5 Å².